The Morgan fingerprint density at radius 1 is 1.21 bits per heavy atom. The molecule has 24 heavy (non-hydrogen) atoms. The molecule has 0 bridgehead atoms. The summed E-state index contributed by atoms with van der Waals surface area (Å²) in [5.41, 5.74) is 2.27. The van der Waals surface area contributed by atoms with Crippen LogP contribution in [0.25, 0.3) is 11.0 Å². The van der Waals surface area contributed by atoms with Crippen LogP contribution < -0.4 is 5.32 Å². The fourth-order valence-electron chi connectivity index (χ4n) is 3.15. The lowest BCUT2D eigenvalue weighted by Crippen LogP contribution is -2.31. The second-order valence-electron chi connectivity index (χ2n) is 6.93. The summed E-state index contributed by atoms with van der Waals surface area (Å²) in [5, 5.41) is 3.07. The average molecular weight is 329 g/mol. The molecule has 1 aromatic carbocycles. The van der Waals surface area contributed by atoms with E-state index in [0.29, 0.717) is 5.92 Å². The Hall–Kier alpha value is -1.84. The minimum absolute atomic E-state index is 0.149. The zero-order chi connectivity index (χ0) is 17.5. The van der Waals surface area contributed by atoms with Crippen LogP contribution >= 0.6 is 0 Å². The smallest absolute Gasteiger partial charge is 0.223 e. The van der Waals surface area contributed by atoms with E-state index >= 15 is 0 Å². The summed E-state index contributed by atoms with van der Waals surface area (Å²) >= 11 is 0. The van der Waals surface area contributed by atoms with Gasteiger partial charge in [0.05, 0.1) is 11.0 Å². The third-order valence-corrected chi connectivity index (χ3v) is 4.51. The Labute approximate surface area is 145 Å². The summed E-state index contributed by atoms with van der Waals surface area (Å²) in [5.74, 6) is 2.05. The molecule has 0 saturated carbocycles. The maximum Gasteiger partial charge on any atom is 0.223 e. The molecular weight excluding hydrogens is 298 g/mol. The Kier molecular flexibility index (Phi) is 6.83. The van der Waals surface area contributed by atoms with E-state index in [1.807, 2.05) is 6.07 Å². The van der Waals surface area contributed by atoms with E-state index in [1.54, 1.807) is 0 Å². The van der Waals surface area contributed by atoms with Gasteiger partial charge in [-0.3, -0.25) is 4.79 Å². The number of amides is 1. The number of benzene rings is 1. The van der Waals surface area contributed by atoms with Crippen LogP contribution in [0, 0.1) is 11.8 Å². The highest BCUT2D eigenvalue weighted by Crippen LogP contribution is 2.18. The molecule has 1 heterocycles. The average Bonchev–Trinajstić information content (AvgIpc) is 2.90. The molecule has 0 unspecified atom stereocenters. The molecule has 0 saturated heterocycles. The molecule has 0 aliphatic carbocycles. The second kappa shape index (κ2) is 8.86. The normalized spacial score (nSPS) is 11.6. The molecular formula is C20H31N3O. The minimum Gasteiger partial charge on any atom is -0.356 e. The molecule has 1 N–H and O–H groups in total. The molecule has 0 aliphatic rings. The van der Waals surface area contributed by atoms with Crippen molar-refractivity contribution in [2.24, 2.45) is 11.8 Å². The van der Waals surface area contributed by atoms with Crippen molar-refractivity contribution in [3.63, 3.8) is 0 Å². The monoisotopic (exact) mass is 329 g/mol. The molecule has 0 radical (unpaired) electrons. The predicted molar refractivity (Wildman–Crippen MR) is 100.0 cm³/mol. The fourth-order valence-corrected chi connectivity index (χ4v) is 3.15. The lowest BCUT2D eigenvalue weighted by molar-refractivity contribution is -0.125. The van der Waals surface area contributed by atoms with Gasteiger partial charge in [0.25, 0.3) is 0 Å². The number of nitrogens with zero attached hydrogens (tertiary/aromatic N) is 2. The van der Waals surface area contributed by atoms with Crippen LogP contribution in [0.2, 0.25) is 0 Å². The lowest BCUT2D eigenvalue weighted by atomic mass is 10.0. The largest absolute Gasteiger partial charge is 0.356 e. The number of imidazole rings is 1. The van der Waals surface area contributed by atoms with E-state index in [2.05, 4.69) is 55.8 Å². The molecule has 2 aromatic rings. The molecule has 2 rings (SSSR count). The van der Waals surface area contributed by atoms with Crippen molar-refractivity contribution in [1.29, 1.82) is 0 Å². The van der Waals surface area contributed by atoms with E-state index in [1.165, 1.54) is 5.52 Å². The third kappa shape index (κ3) is 4.59. The van der Waals surface area contributed by atoms with Crippen LogP contribution in [0.1, 0.15) is 52.8 Å². The van der Waals surface area contributed by atoms with E-state index in [-0.39, 0.29) is 11.8 Å². The van der Waals surface area contributed by atoms with Gasteiger partial charge in [-0.05, 0) is 37.3 Å². The topological polar surface area (TPSA) is 46.9 Å². The molecule has 1 aromatic heterocycles. The van der Waals surface area contributed by atoms with Crippen molar-refractivity contribution in [3.05, 3.63) is 30.1 Å². The highest BCUT2D eigenvalue weighted by Gasteiger charge is 2.14. The van der Waals surface area contributed by atoms with Crippen molar-refractivity contribution >= 4 is 16.9 Å². The van der Waals surface area contributed by atoms with E-state index in [4.69, 9.17) is 4.98 Å². The number of carbonyl (C=O) groups is 1. The van der Waals surface area contributed by atoms with Crippen molar-refractivity contribution < 1.29 is 4.79 Å². The SMILES string of the molecule is CCC(CC)C(=O)NCCCc1nc2ccccc2n1CC(C)C. The maximum absolute atomic E-state index is 12.0. The van der Waals surface area contributed by atoms with Crippen LogP contribution in [-0.2, 0) is 17.8 Å². The first kappa shape index (κ1) is 18.5. The molecule has 4 heteroatoms. The number of nitrogens with one attached hydrogen (secondary N) is 1. The van der Waals surface area contributed by atoms with Crippen LogP contribution in [0.15, 0.2) is 24.3 Å². The van der Waals surface area contributed by atoms with Crippen molar-refractivity contribution in [2.75, 3.05) is 6.54 Å². The summed E-state index contributed by atoms with van der Waals surface area (Å²) in [4.78, 5) is 16.8. The summed E-state index contributed by atoms with van der Waals surface area (Å²) in [6.45, 7) is 10.3. The molecule has 0 aliphatic heterocycles. The summed E-state index contributed by atoms with van der Waals surface area (Å²) in [7, 11) is 0. The van der Waals surface area contributed by atoms with Gasteiger partial charge in [-0.15, -0.1) is 0 Å². The Balaban J connectivity index is 1.98. The number of hydrogen-bond acceptors (Lipinski definition) is 2. The first-order valence-corrected chi connectivity index (χ1v) is 9.28. The first-order valence-electron chi connectivity index (χ1n) is 9.28. The van der Waals surface area contributed by atoms with Crippen molar-refractivity contribution in [1.82, 2.24) is 14.9 Å². The highest BCUT2D eigenvalue weighted by molar-refractivity contribution is 5.78. The van der Waals surface area contributed by atoms with Crippen molar-refractivity contribution in [2.45, 2.75) is 59.9 Å². The molecule has 0 fully saturated rings. The fraction of sp³-hybridized carbons (Fsp3) is 0.600. The van der Waals surface area contributed by atoms with Gasteiger partial charge < -0.3 is 9.88 Å². The maximum atomic E-state index is 12.0. The van der Waals surface area contributed by atoms with Gasteiger partial charge >= 0.3 is 0 Å². The van der Waals surface area contributed by atoms with Crippen LogP contribution in [0.4, 0.5) is 0 Å². The Morgan fingerprint density at radius 3 is 2.58 bits per heavy atom. The van der Waals surface area contributed by atoms with Crippen molar-refractivity contribution in [3.8, 4) is 0 Å². The minimum atomic E-state index is 0.149. The van der Waals surface area contributed by atoms with Crippen LogP contribution in [0.3, 0.4) is 0 Å². The number of carbonyl (C=O) groups excluding carboxylic acids is 1. The van der Waals surface area contributed by atoms with Crippen LogP contribution in [-0.4, -0.2) is 22.0 Å². The van der Waals surface area contributed by atoms with Gasteiger partial charge in [-0.2, -0.15) is 0 Å². The summed E-state index contributed by atoms with van der Waals surface area (Å²) in [6.07, 6.45) is 3.64. The molecule has 0 spiro atoms. The summed E-state index contributed by atoms with van der Waals surface area (Å²) in [6, 6.07) is 8.32. The molecule has 1 amide bonds. The number of rotatable bonds is 9. The molecule has 0 atom stereocenters. The quantitative estimate of drug-likeness (QED) is 0.702. The molecule has 4 nitrogen and oxygen atoms in total. The van der Waals surface area contributed by atoms with Gasteiger partial charge in [0, 0.05) is 25.4 Å². The van der Waals surface area contributed by atoms with E-state index in [0.717, 1.165) is 50.1 Å². The number of fused-ring (bicyclic) bond motifs is 1. The van der Waals surface area contributed by atoms with Gasteiger partial charge in [-0.1, -0.05) is 39.8 Å². The van der Waals surface area contributed by atoms with Gasteiger partial charge in [0.1, 0.15) is 5.82 Å². The summed E-state index contributed by atoms with van der Waals surface area (Å²) < 4.78 is 2.34. The lowest BCUT2D eigenvalue weighted by Gasteiger charge is -2.14. The van der Waals surface area contributed by atoms with E-state index in [9.17, 15) is 4.79 Å². The van der Waals surface area contributed by atoms with Gasteiger partial charge in [0.2, 0.25) is 5.91 Å². The van der Waals surface area contributed by atoms with Crippen LogP contribution in [0.5, 0.6) is 0 Å². The third-order valence-electron chi connectivity index (χ3n) is 4.51. The van der Waals surface area contributed by atoms with Gasteiger partial charge in [0.15, 0.2) is 0 Å². The zero-order valence-corrected chi connectivity index (χ0v) is 15.5. The Morgan fingerprint density at radius 2 is 1.92 bits per heavy atom. The second-order valence-corrected chi connectivity index (χ2v) is 6.93. The standard InChI is InChI=1S/C20H31N3O/c1-5-16(6-2)20(24)21-13-9-12-19-22-17-10-7-8-11-18(17)23(19)14-15(3)4/h7-8,10-11,15-16H,5-6,9,12-14H2,1-4H3,(H,21,24). The zero-order valence-electron chi connectivity index (χ0n) is 15.5. The number of aromatic nitrogens is 2. The number of para-hydroxylation sites is 2. The Bertz CT molecular complexity index is 656. The highest BCUT2D eigenvalue weighted by atomic mass is 16.1. The molecule has 132 valence electrons. The van der Waals surface area contributed by atoms with E-state index < -0.39 is 0 Å². The number of hydrogen-bond donors (Lipinski definition) is 1. The predicted octanol–water partition coefficient (Wildman–Crippen LogP) is 4.18. The first-order chi connectivity index (χ1) is 11.6. The van der Waals surface area contributed by atoms with Gasteiger partial charge in [-0.25, -0.2) is 4.98 Å². The number of aryl methyl sites for hydroxylation is 1.